The van der Waals surface area contributed by atoms with Crippen molar-refractivity contribution in [2.24, 2.45) is 0 Å². The lowest BCUT2D eigenvalue weighted by atomic mass is 10.3. The summed E-state index contributed by atoms with van der Waals surface area (Å²) < 4.78 is 15.4. The van der Waals surface area contributed by atoms with Gasteiger partial charge in [-0.15, -0.1) is 0 Å². The molecule has 0 aromatic heterocycles. The van der Waals surface area contributed by atoms with Crippen LogP contribution in [-0.2, 0) is 14.3 Å². The van der Waals surface area contributed by atoms with Crippen LogP contribution in [-0.4, -0.2) is 31.6 Å². The first-order valence-corrected chi connectivity index (χ1v) is 6.68. The lowest BCUT2D eigenvalue weighted by Gasteiger charge is -2.07. The number of hydrogen-bond acceptors (Lipinski definition) is 5. The molecule has 0 heterocycles. The zero-order valence-electron chi connectivity index (χ0n) is 11.9. The zero-order chi connectivity index (χ0) is 14.8. The molecule has 0 unspecified atom stereocenters. The van der Waals surface area contributed by atoms with E-state index in [1.165, 1.54) is 0 Å². The Morgan fingerprint density at radius 2 is 1.60 bits per heavy atom. The van der Waals surface area contributed by atoms with Gasteiger partial charge in [-0.3, -0.25) is 9.59 Å². The summed E-state index contributed by atoms with van der Waals surface area (Å²) in [4.78, 5) is 22.6. The maximum Gasteiger partial charge on any atom is 0.313 e. The number of hydrogen-bond donors (Lipinski definition) is 0. The predicted molar refractivity (Wildman–Crippen MR) is 74.0 cm³/mol. The molecule has 0 amide bonds. The van der Waals surface area contributed by atoms with Crippen LogP contribution in [0.5, 0.6) is 11.5 Å². The summed E-state index contributed by atoms with van der Waals surface area (Å²) in [6.07, 6.45) is 0.687. The van der Waals surface area contributed by atoms with Gasteiger partial charge in [-0.05, 0) is 37.6 Å². The lowest BCUT2D eigenvalue weighted by molar-refractivity contribution is -0.145. The minimum Gasteiger partial charge on any atom is -0.494 e. The third-order valence-corrected chi connectivity index (χ3v) is 2.34. The van der Waals surface area contributed by atoms with E-state index in [2.05, 4.69) is 4.74 Å². The molecule has 0 aliphatic heterocycles. The van der Waals surface area contributed by atoms with E-state index in [4.69, 9.17) is 9.47 Å². The Labute approximate surface area is 118 Å². The van der Waals surface area contributed by atoms with Crippen molar-refractivity contribution in [1.29, 1.82) is 0 Å². The number of esters is 1. The molecule has 5 heteroatoms. The number of rotatable bonds is 9. The monoisotopic (exact) mass is 280 g/mol. The van der Waals surface area contributed by atoms with Crippen LogP contribution in [0.25, 0.3) is 0 Å². The highest BCUT2D eigenvalue weighted by Gasteiger charge is 2.10. The van der Waals surface area contributed by atoms with E-state index in [-0.39, 0.29) is 25.4 Å². The molecule has 110 valence electrons. The molecule has 5 nitrogen and oxygen atoms in total. The second kappa shape index (κ2) is 8.96. The van der Waals surface area contributed by atoms with Crippen LogP contribution in [0.15, 0.2) is 24.3 Å². The van der Waals surface area contributed by atoms with Crippen molar-refractivity contribution in [3.63, 3.8) is 0 Å². The summed E-state index contributed by atoms with van der Waals surface area (Å²) in [5, 5.41) is 0. The molecule has 0 radical (unpaired) electrons. The van der Waals surface area contributed by atoms with E-state index in [0.29, 0.717) is 12.4 Å². The van der Waals surface area contributed by atoms with Crippen LogP contribution in [0.3, 0.4) is 0 Å². The Hall–Kier alpha value is -2.04. The molecule has 20 heavy (non-hydrogen) atoms. The van der Waals surface area contributed by atoms with Crippen LogP contribution >= 0.6 is 0 Å². The highest BCUT2D eigenvalue weighted by molar-refractivity contribution is 5.96. The average Bonchev–Trinajstić information content (AvgIpc) is 2.44. The summed E-state index contributed by atoms with van der Waals surface area (Å²) in [5.41, 5.74) is 0. The van der Waals surface area contributed by atoms with E-state index < -0.39 is 5.97 Å². The van der Waals surface area contributed by atoms with E-state index >= 15 is 0 Å². The molecule has 0 aliphatic rings. The van der Waals surface area contributed by atoms with Gasteiger partial charge in [-0.1, -0.05) is 6.92 Å². The molecule has 1 aromatic rings. The van der Waals surface area contributed by atoms with Gasteiger partial charge < -0.3 is 14.2 Å². The Balaban J connectivity index is 2.34. The average molecular weight is 280 g/mol. The molecular formula is C15H20O5. The van der Waals surface area contributed by atoms with Crippen LogP contribution in [0.2, 0.25) is 0 Å². The van der Waals surface area contributed by atoms with Gasteiger partial charge in [0, 0.05) is 0 Å². The standard InChI is InChI=1S/C15H20O5/c1-3-9-19-13-5-7-14(8-6-13)20-11-12(16)10-15(17)18-4-2/h5-8H,3-4,9-11H2,1-2H3. The Bertz CT molecular complexity index is 424. The Kier molecular flexibility index (Phi) is 7.17. The number of carbonyl (C=O) groups is 2. The van der Waals surface area contributed by atoms with E-state index in [1.54, 1.807) is 31.2 Å². The molecule has 0 N–H and O–H groups in total. The van der Waals surface area contributed by atoms with Crippen LogP contribution < -0.4 is 9.47 Å². The number of ketones is 1. The molecular weight excluding hydrogens is 260 g/mol. The summed E-state index contributed by atoms with van der Waals surface area (Å²) in [6, 6.07) is 7.01. The van der Waals surface area contributed by atoms with Crippen LogP contribution in [0.1, 0.15) is 26.7 Å². The SMILES string of the molecule is CCCOc1ccc(OCC(=O)CC(=O)OCC)cc1. The van der Waals surface area contributed by atoms with Crippen molar-refractivity contribution in [1.82, 2.24) is 0 Å². The number of Topliss-reactive ketones (excluding diaryl/α,β-unsaturated/α-hetero) is 1. The second-order valence-electron chi connectivity index (χ2n) is 4.13. The summed E-state index contributed by atoms with van der Waals surface area (Å²) >= 11 is 0. The topological polar surface area (TPSA) is 61.8 Å². The first-order valence-electron chi connectivity index (χ1n) is 6.68. The van der Waals surface area contributed by atoms with Gasteiger partial charge in [0.15, 0.2) is 5.78 Å². The van der Waals surface area contributed by atoms with Crippen molar-refractivity contribution in [2.75, 3.05) is 19.8 Å². The molecule has 0 atom stereocenters. The third-order valence-electron chi connectivity index (χ3n) is 2.34. The highest BCUT2D eigenvalue weighted by atomic mass is 16.5. The molecule has 0 aliphatic carbocycles. The van der Waals surface area contributed by atoms with Crippen LogP contribution in [0, 0.1) is 0 Å². The normalized spacial score (nSPS) is 9.90. The van der Waals surface area contributed by atoms with Gasteiger partial charge in [0.05, 0.1) is 13.2 Å². The molecule has 0 spiro atoms. The van der Waals surface area contributed by atoms with Gasteiger partial charge >= 0.3 is 5.97 Å². The van der Waals surface area contributed by atoms with Crippen molar-refractivity contribution in [3.05, 3.63) is 24.3 Å². The fourth-order valence-corrected chi connectivity index (χ4v) is 1.44. The zero-order valence-corrected chi connectivity index (χ0v) is 11.9. The maximum atomic E-state index is 11.5. The fourth-order valence-electron chi connectivity index (χ4n) is 1.44. The molecule has 0 saturated carbocycles. The summed E-state index contributed by atoms with van der Waals surface area (Å²) in [6.45, 7) is 4.52. The highest BCUT2D eigenvalue weighted by Crippen LogP contribution is 2.17. The fraction of sp³-hybridized carbons (Fsp3) is 0.467. The van der Waals surface area contributed by atoms with Crippen molar-refractivity contribution in [3.8, 4) is 11.5 Å². The molecule has 0 fully saturated rings. The van der Waals surface area contributed by atoms with Gasteiger partial charge in [0.1, 0.15) is 24.5 Å². The lowest BCUT2D eigenvalue weighted by Crippen LogP contribution is -2.17. The van der Waals surface area contributed by atoms with Gasteiger partial charge in [-0.25, -0.2) is 0 Å². The van der Waals surface area contributed by atoms with E-state index in [9.17, 15) is 9.59 Å². The predicted octanol–water partition coefficient (Wildman–Crippen LogP) is 2.38. The largest absolute Gasteiger partial charge is 0.494 e. The summed E-state index contributed by atoms with van der Waals surface area (Å²) in [7, 11) is 0. The minimum atomic E-state index is -0.524. The third kappa shape index (κ3) is 6.22. The molecule has 0 bridgehead atoms. The van der Waals surface area contributed by atoms with E-state index in [0.717, 1.165) is 12.2 Å². The van der Waals surface area contributed by atoms with E-state index in [1.807, 2.05) is 6.92 Å². The Morgan fingerprint density at radius 3 is 2.15 bits per heavy atom. The quantitative estimate of drug-likeness (QED) is 0.513. The Morgan fingerprint density at radius 1 is 1.00 bits per heavy atom. The van der Waals surface area contributed by atoms with Gasteiger partial charge in [-0.2, -0.15) is 0 Å². The first kappa shape index (κ1) is 16.0. The molecule has 1 aromatic carbocycles. The number of carbonyl (C=O) groups excluding carboxylic acids is 2. The molecule has 1 rings (SSSR count). The smallest absolute Gasteiger partial charge is 0.313 e. The summed E-state index contributed by atoms with van der Waals surface area (Å²) in [5.74, 6) is 0.488. The van der Waals surface area contributed by atoms with Crippen molar-refractivity contribution >= 4 is 11.8 Å². The second-order valence-corrected chi connectivity index (χ2v) is 4.13. The number of ether oxygens (including phenoxy) is 3. The van der Waals surface area contributed by atoms with Crippen molar-refractivity contribution in [2.45, 2.75) is 26.7 Å². The van der Waals surface area contributed by atoms with Crippen LogP contribution in [0.4, 0.5) is 0 Å². The minimum absolute atomic E-state index is 0.145. The number of benzene rings is 1. The van der Waals surface area contributed by atoms with Crippen molar-refractivity contribution < 1.29 is 23.8 Å². The maximum absolute atomic E-state index is 11.5. The van der Waals surface area contributed by atoms with Gasteiger partial charge in [0.25, 0.3) is 0 Å². The first-order chi connectivity index (χ1) is 9.65. The van der Waals surface area contributed by atoms with Gasteiger partial charge in [0.2, 0.25) is 0 Å². The molecule has 0 saturated heterocycles.